The molecule has 3 heteroatoms. The number of nitrogens with one attached hydrogen (secondary N) is 1. The van der Waals surface area contributed by atoms with E-state index in [1.807, 2.05) is 6.92 Å². The second kappa shape index (κ2) is 7.29. The van der Waals surface area contributed by atoms with Gasteiger partial charge in [0.05, 0.1) is 6.61 Å². The van der Waals surface area contributed by atoms with Crippen molar-refractivity contribution in [3.63, 3.8) is 0 Å². The maximum Gasteiger partial charge on any atom is 0.305 e. The van der Waals surface area contributed by atoms with Gasteiger partial charge in [-0.05, 0) is 44.2 Å². The zero-order valence-electron chi connectivity index (χ0n) is 11.6. The number of rotatable bonds is 6. The van der Waals surface area contributed by atoms with Crippen LogP contribution in [0.3, 0.4) is 0 Å². The third kappa shape index (κ3) is 4.67. The van der Waals surface area contributed by atoms with Crippen LogP contribution in [0.15, 0.2) is 30.3 Å². The van der Waals surface area contributed by atoms with E-state index in [-0.39, 0.29) is 5.97 Å². The average Bonchev–Trinajstić information content (AvgIpc) is 2.86. The molecular weight excluding hydrogens is 238 g/mol. The summed E-state index contributed by atoms with van der Waals surface area (Å²) < 4.78 is 4.96. The van der Waals surface area contributed by atoms with Crippen LogP contribution in [0.1, 0.15) is 31.7 Å². The molecule has 1 heterocycles. The molecule has 0 radical (unpaired) electrons. The normalized spacial score (nSPS) is 22.4. The lowest BCUT2D eigenvalue weighted by molar-refractivity contribution is -0.143. The van der Waals surface area contributed by atoms with Crippen LogP contribution in [0.25, 0.3) is 0 Å². The second-order valence-corrected chi connectivity index (χ2v) is 5.24. The predicted octanol–water partition coefficient (Wildman–Crippen LogP) is 2.55. The van der Waals surface area contributed by atoms with Crippen molar-refractivity contribution < 1.29 is 9.53 Å². The highest BCUT2D eigenvalue weighted by Crippen LogP contribution is 2.21. The molecule has 1 N–H and O–H groups in total. The number of ether oxygens (including phenoxy) is 1. The minimum Gasteiger partial charge on any atom is -0.466 e. The van der Waals surface area contributed by atoms with E-state index < -0.39 is 0 Å². The van der Waals surface area contributed by atoms with Gasteiger partial charge < -0.3 is 10.1 Å². The van der Waals surface area contributed by atoms with Crippen LogP contribution in [0.4, 0.5) is 0 Å². The fraction of sp³-hybridized carbons (Fsp3) is 0.562. The molecule has 1 aliphatic heterocycles. The van der Waals surface area contributed by atoms with Crippen molar-refractivity contribution in [2.24, 2.45) is 5.92 Å². The minimum absolute atomic E-state index is 0.0733. The van der Waals surface area contributed by atoms with E-state index in [9.17, 15) is 4.79 Å². The Labute approximate surface area is 115 Å². The molecule has 0 saturated carbocycles. The van der Waals surface area contributed by atoms with E-state index in [1.165, 1.54) is 5.56 Å². The van der Waals surface area contributed by atoms with Crippen molar-refractivity contribution in [2.75, 3.05) is 13.2 Å². The fourth-order valence-electron chi connectivity index (χ4n) is 2.75. The summed E-state index contributed by atoms with van der Waals surface area (Å²) >= 11 is 0. The number of carbonyl (C=O) groups excluding carboxylic acids is 1. The standard InChI is InChI=1S/C16H23NO2/c1-2-19-16(18)9-8-15-11-14(12-17-15)10-13-6-4-3-5-7-13/h3-7,14-15,17H,2,8-12H2,1H3/t14-,15-/m1/s1. The molecule has 0 unspecified atom stereocenters. The summed E-state index contributed by atoms with van der Waals surface area (Å²) in [4.78, 5) is 11.3. The molecule has 19 heavy (non-hydrogen) atoms. The third-order valence-corrected chi connectivity index (χ3v) is 3.68. The van der Waals surface area contributed by atoms with Gasteiger partial charge in [0.15, 0.2) is 0 Å². The van der Waals surface area contributed by atoms with Crippen LogP contribution < -0.4 is 5.32 Å². The highest BCUT2D eigenvalue weighted by Gasteiger charge is 2.24. The van der Waals surface area contributed by atoms with E-state index in [0.717, 1.165) is 25.8 Å². The first-order valence-corrected chi connectivity index (χ1v) is 7.21. The van der Waals surface area contributed by atoms with Gasteiger partial charge in [-0.3, -0.25) is 4.79 Å². The Bertz CT molecular complexity index is 391. The van der Waals surface area contributed by atoms with Crippen LogP contribution in [0.2, 0.25) is 0 Å². The van der Waals surface area contributed by atoms with Gasteiger partial charge in [0.2, 0.25) is 0 Å². The SMILES string of the molecule is CCOC(=O)CC[C@@H]1C[C@@H](Cc2ccccc2)CN1. The zero-order valence-corrected chi connectivity index (χ0v) is 11.6. The summed E-state index contributed by atoms with van der Waals surface area (Å²) in [6.07, 6.45) is 3.71. The maximum absolute atomic E-state index is 11.3. The Kier molecular flexibility index (Phi) is 5.40. The van der Waals surface area contributed by atoms with Crippen LogP contribution in [0.5, 0.6) is 0 Å². The van der Waals surface area contributed by atoms with Gasteiger partial charge in [-0.2, -0.15) is 0 Å². The third-order valence-electron chi connectivity index (χ3n) is 3.68. The van der Waals surface area contributed by atoms with E-state index in [1.54, 1.807) is 0 Å². The first-order valence-electron chi connectivity index (χ1n) is 7.21. The summed E-state index contributed by atoms with van der Waals surface area (Å²) in [6.45, 7) is 3.39. The summed E-state index contributed by atoms with van der Waals surface area (Å²) in [5.74, 6) is 0.616. The van der Waals surface area contributed by atoms with Crippen molar-refractivity contribution in [1.82, 2.24) is 5.32 Å². The molecule has 0 aromatic heterocycles. The van der Waals surface area contributed by atoms with Crippen molar-refractivity contribution in [3.8, 4) is 0 Å². The van der Waals surface area contributed by atoms with E-state index >= 15 is 0 Å². The molecule has 0 amide bonds. The lowest BCUT2D eigenvalue weighted by Crippen LogP contribution is -2.22. The molecule has 0 bridgehead atoms. The van der Waals surface area contributed by atoms with Gasteiger partial charge in [0, 0.05) is 12.5 Å². The Morgan fingerprint density at radius 1 is 1.37 bits per heavy atom. The largest absolute Gasteiger partial charge is 0.466 e. The summed E-state index contributed by atoms with van der Waals surface area (Å²) in [5, 5.41) is 3.52. The zero-order chi connectivity index (χ0) is 13.5. The van der Waals surface area contributed by atoms with Gasteiger partial charge in [-0.1, -0.05) is 30.3 Å². The number of esters is 1. The lowest BCUT2D eigenvalue weighted by atomic mass is 9.95. The van der Waals surface area contributed by atoms with Crippen molar-refractivity contribution in [1.29, 1.82) is 0 Å². The topological polar surface area (TPSA) is 38.3 Å². The Balaban J connectivity index is 1.70. The molecule has 2 atom stereocenters. The van der Waals surface area contributed by atoms with Gasteiger partial charge in [-0.15, -0.1) is 0 Å². The van der Waals surface area contributed by atoms with Crippen molar-refractivity contribution in [2.45, 2.75) is 38.6 Å². The van der Waals surface area contributed by atoms with E-state index in [0.29, 0.717) is 25.0 Å². The van der Waals surface area contributed by atoms with Gasteiger partial charge in [-0.25, -0.2) is 0 Å². The number of hydrogen-bond donors (Lipinski definition) is 1. The van der Waals surface area contributed by atoms with Crippen LogP contribution in [-0.2, 0) is 16.0 Å². The number of hydrogen-bond acceptors (Lipinski definition) is 3. The summed E-state index contributed by atoms with van der Waals surface area (Å²) in [7, 11) is 0. The Hall–Kier alpha value is -1.35. The Morgan fingerprint density at radius 2 is 2.16 bits per heavy atom. The highest BCUT2D eigenvalue weighted by atomic mass is 16.5. The van der Waals surface area contributed by atoms with E-state index in [2.05, 4.69) is 35.6 Å². The smallest absolute Gasteiger partial charge is 0.305 e. The molecule has 1 aliphatic rings. The molecule has 1 aromatic rings. The molecule has 104 valence electrons. The van der Waals surface area contributed by atoms with Crippen LogP contribution in [-0.4, -0.2) is 25.2 Å². The van der Waals surface area contributed by atoms with Gasteiger partial charge in [0.25, 0.3) is 0 Å². The second-order valence-electron chi connectivity index (χ2n) is 5.24. The fourth-order valence-corrected chi connectivity index (χ4v) is 2.75. The molecule has 1 aromatic carbocycles. The molecule has 0 spiro atoms. The monoisotopic (exact) mass is 261 g/mol. The van der Waals surface area contributed by atoms with Crippen molar-refractivity contribution in [3.05, 3.63) is 35.9 Å². The summed E-state index contributed by atoms with van der Waals surface area (Å²) in [6, 6.07) is 11.1. The van der Waals surface area contributed by atoms with Crippen LogP contribution >= 0.6 is 0 Å². The summed E-state index contributed by atoms with van der Waals surface area (Å²) in [5.41, 5.74) is 1.40. The molecular formula is C16H23NO2. The maximum atomic E-state index is 11.3. The van der Waals surface area contributed by atoms with Crippen LogP contribution in [0, 0.1) is 5.92 Å². The molecule has 1 fully saturated rings. The highest BCUT2D eigenvalue weighted by molar-refractivity contribution is 5.69. The van der Waals surface area contributed by atoms with E-state index in [4.69, 9.17) is 4.74 Å². The number of benzene rings is 1. The number of carbonyl (C=O) groups is 1. The molecule has 1 saturated heterocycles. The quantitative estimate of drug-likeness (QED) is 0.800. The van der Waals surface area contributed by atoms with Gasteiger partial charge >= 0.3 is 5.97 Å². The van der Waals surface area contributed by atoms with Gasteiger partial charge in [0.1, 0.15) is 0 Å². The molecule has 0 aliphatic carbocycles. The first kappa shape index (κ1) is 14.1. The Morgan fingerprint density at radius 3 is 2.89 bits per heavy atom. The first-order chi connectivity index (χ1) is 9.28. The molecule has 2 rings (SSSR count). The average molecular weight is 261 g/mol. The van der Waals surface area contributed by atoms with Crippen molar-refractivity contribution >= 4 is 5.97 Å². The predicted molar refractivity (Wildman–Crippen MR) is 75.9 cm³/mol. The minimum atomic E-state index is -0.0733. The lowest BCUT2D eigenvalue weighted by Gasteiger charge is -2.10. The molecule has 3 nitrogen and oxygen atoms in total.